The number of hydrogen-bond acceptors (Lipinski definition) is 7. The van der Waals surface area contributed by atoms with Crippen molar-refractivity contribution in [3.63, 3.8) is 0 Å². The van der Waals surface area contributed by atoms with Crippen molar-refractivity contribution in [3.8, 4) is 11.5 Å². The maximum Gasteiger partial charge on any atom is 0.341 e. The lowest BCUT2D eigenvalue weighted by Gasteiger charge is -2.32. The van der Waals surface area contributed by atoms with Crippen LogP contribution < -0.4 is 5.63 Å². The van der Waals surface area contributed by atoms with Crippen molar-refractivity contribution in [2.24, 2.45) is 0 Å². The van der Waals surface area contributed by atoms with Crippen molar-refractivity contribution in [2.45, 2.75) is 13.0 Å². The van der Waals surface area contributed by atoms with E-state index in [1.165, 1.54) is 12.1 Å². The minimum atomic E-state index is -0.358. The van der Waals surface area contributed by atoms with Crippen LogP contribution in [0.5, 0.6) is 11.5 Å². The molecular weight excluding hydrogens is 324 g/mol. The van der Waals surface area contributed by atoms with Crippen LogP contribution in [0.25, 0.3) is 11.0 Å². The lowest BCUT2D eigenvalue weighted by Crippen LogP contribution is -2.43. The van der Waals surface area contributed by atoms with Gasteiger partial charge in [-0.3, -0.25) is 9.80 Å². The number of ether oxygens (including phenoxy) is 1. The van der Waals surface area contributed by atoms with Gasteiger partial charge in [0.2, 0.25) is 0 Å². The molecule has 1 aromatic heterocycles. The van der Waals surface area contributed by atoms with Gasteiger partial charge < -0.3 is 19.4 Å². The number of nitrogens with zero attached hydrogens (tertiary/aromatic N) is 2. The summed E-state index contributed by atoms with van der Waals surface area (Å²) in [6.07, 6.45) is 0.727. The molecule has 0 saturated carbocycles. The summed E-state index contributed by atoms with van der Waals surface area (Å²) in [5.41, 5.74) is 1.54. The summed E-state index contributed by atoms with van der Waals surface area (Å²) in [6.45, 7) is 6.77. The Balaban J connectivity index is 1.55. The molecule has 2 aliphatic heterocycles. The van der Waals surface area contributed by atoms with Gasteiger partial charge in [-0.05, 0) is 18.1 Å². The van der Waals surface area contributed by atoms with E-state index in [9.17, 15) is 15.0 Å². The number of benzene rings is 1. The van der Waals surface area contributed by atoms with Crippen molar-refractivity contribution in [1.82, 2.24) is 9.80 Å². The third kappa shape index (κ3) is 3.22. The molecule has 25 heavy (non-hydrogen) atoms. The monoisotopic (exact) mass is 346 g/mol. The SMILES string of the molecule is O=c1oc2cc(O)c(O)cc2c2c1CN(CCN1CCOCC1)CC2. The number of aromatic hydroxyl groups is 2. The molecule has 0 bridgehead atoms. The molecule has 0 radical (unpaired) electrons. The zero-order valence-electron chi connectivity index (χ0n) is 14.0. The molecule has 2 aromatic rings. The minimum Gasteiger partial charge on any atom is -0.504 e. The summed E-state index contributed by atoms with van der Waals surface area (Å²) in [5, 5.41) is 20.1. The molecule has 4 rings (SSSR count). The predicted octanol–water partition coefficient (Wildman–Crippen LogP) is 0.894. The van der Waals surface area contributed by atoms with Crippen LogP contribution in [-0.4, -0.2) is 66.0 Å². The first-order valence-electron chi connectivity index (χ1n) is 8.65. The number of morpholine rings is 1. The lowest BCUT2D eigenvalue weighted by atomic mass is 9.97. The largest absolute Gasteiger partial charge is 0.504 e. The number of rotatable bonds is 3. The van der Waals surface area contributed by atoms with E-state index in [4.69, 9.17) is 9.15 Å². The molecule has 1 aromatic carbocycles. The predicted molar refractivity (Wildman–Crippen MR) is 92.1 cm³/mol. The second-order valence-electron chi connectivity index (χ2n) is 6.66. The fourth-order valence-electron chi connectivity index (χ4n) is 3.64. The molecule has 7 nitrogen and oxygen atoms in total. The highest BCUT2D eigenvalue weighted by molar-refractivity contribution is 5.84. The van der Waals surface area contributed by atoms with Crippen LogP contribution in [0.3, 0.4) is 0 Å². The summed E-state index contributed by atoms with van der Waals surface area (Å²) in [5.74, 6) is -0.475. The van der Waals surface area contributed by atoms with E-state index < -0.39 is 0 Å². The van der Waals surface area contributed by atoms with Crippen LogP contribution >= 0.6 is 0 Å². The average molecular weight is 346 g/mol. The summed E-state index contributed by atoms with van der Waals surface area (Å²) >= 11 is 0. The van der Waals surface area contributed by atoms with E-state index in [0.29, 0.717) is 23.1 Å². The van der Waals surface area contributed by atoms with Gasteiger partial charge in [-0.1, -0.05) is 0 Å². The van der Waals surface area contributed by atoms with Gasteiger partial charge in [-0.15, -0.1) is 0 Å². The van der Waals surface area contributed by atoms with Crippen LogP contribution in [0.4, 0.5) is 0 Å². The topological polar surface area (TPSA) is 86.4 Å². The molecule has 3 heterocycles. The highest BCUT2D eigenvalue weighted by Crippen LogP contribution is 2.33. The second kappa shape index (κ2) is 6.67. The Kier molecular flexibility index (Phi) is 4.37. The van der Waals surface area contributed by atoms with Gasteiger partial charge in [0.15, 0.2) is 11.5 Å². The van der Waals surface area contributed by atoms with E-state index >= 15 is 0 Å². The molecule has 0 unspecified atom stereocenters. The van der Waals surface area contributed by atoms with E-state index in [2.05, 4.69) is 9.80 Å². The molecule has 0 spiro atoms. The number of fused-ring (bicyclic) bond motifs is 3. The molecule has 2 N–H and O–H groups in total. The Bertz CT molecular complexity index is 841. The number of phenols is 2. The van der Waals surface area contributed by atoms with Gasteiger partial charge in [0.1, 0.15) is 5.58 Å². The van der Waals surface area contributed by atoms with Crippen molar-refractivity contribution in [3.05, 3.63) is 33.7 Å². The van der Waals surface area contributed by atoms with E-state index in [0.717, 1.165) is 57.9 Å². The Hall–Kier alpha value is -2.09. The summed E-state index contributed by atoms with van der Waals surface area (Å²) in [6, 6.07) is 2.78. The maximum atomic E-state index is 12.4. The van der Waals surface area contributed by atoms with Crippen LogP contribution in [-0.2, 0) is 17.7 Å². The molecule has 0 aliphatic carbocycles. The fourth-order valence-corrected chi connectivity index (χ4v) is 3.64. The average Bonchev–Trinajstić information content (AvgIpc) is 2.63. The molecular formula is C18H22N2O5. The summed E-state index contributed by atoms with van der Waals surface area (Å²) < 4.78 is 10.7. The van der Waals surface area contributed by atoms with Gasteiger partial charge >= 0.3 is 5.63 Å². The molecule has 0 atom stereocenters. The van der Waals surface area contributed by atoms with Crippen LogP contribution in [0.15, 0.2) is 21.3 Å². The number of phenolic OH excluding ortho intramolecular Hbond substituents is 2. The van der Waals surface area contributed by atoms with E-state index in [1.54, 1.807) is 0 Å². The van der Waals surface area contributed by atoms with Gasteiger partial charge in [-0.25, -0.2) is 4.79 Å². The summed E-state index contributed by atoms with van der Waals surface area (Å²) in [7, 11) is 0. The van der Waals surface area contributed by atoms with Crippen LogP contribution in [0.2, 0.25) is 0 Å². The van der Waals surface area contributed by atoms with Crippen molar-refractivity contribution < 1.29 is 19.4 Å². The highest BCUT2D eigenvalue weighted by atomic mass is 16.5. The quantitative estimate of drug-likeness (QED) is 0.631. The van der Waals surface area contributed by atoms with E-state index in [1.807, 2.05) is 0 Å². The lowest BCUT2D eigenvalue weighted by molar-refractivity contribution is 0.0326. The third-order valence-electron chi connectivity index (χ3n) is 5.11. The Morgan fingerprint density at radius 2 is 1.68 bits per heavy atom. The third-order valence-corrected chi connectivity index (χ3v) is 5.11. The Morgan fingerprint density at radius 3 is 2.48 bits per heavy atom. The zero-order valence-corrected chi connectivity index (χ0v) is 14.0. The molecule has 2 aliphatic rings. The first-order valence-corrected chi connectivity index (χ1v) is 8.65. The van der Waals surface area contributed by atoms with Gasteiger partial charge in [-0.2, -0.15) is 0 Å². The Labute approximate surface area is 145 Å². The first-order chi connectivity index (χ1) is 12.1. The molecule has 1 fully saturated rings. The molecule has 7 heteroatoms. The fraction of sp³-hybridized carbons (Fsp3) is 0.500. The van der Waals surface area contributed by atoms with Crippen molar-refractivity contribution in [1.29, 1.82) is 0 Å². The Morgan fingerprint density at radius 1 is 0.960 bits per heavy atom. The van der Waals surface area contributed by atoms with Gasteiger partial charge in [0, 0.05) is 50.7 Å². The van der Waals surface area contributed by atoms with Crippen molar-refractivity contribution >= 4 is 11.0 Å². The zero-order chi connectivity index (χ0) is 17.4. The highest BCUT2D eigenvalue weighted by Gasteiger charge is 2.24. The maximum absolute atomic E-state index is 12.4. The second-order valence-corrected chi connectivity index (χ2v) is 6.66. The minimum absolute atomic E-state index is 0.196. The summed E-state index contributed by atoms with van der Waals surface area (Å²) in [4.78, 5) is 17.0. The molecule has 0 amide bonds. The first kappa shape index (κ1) is 16.4. The molecule has 1 saturated heterocycles. The molecule has 134 valence electrons. The smallest absolute Gasteiger partial charge is 0.341 e. The van der Waals surface area contributed by atoms with Gasteiger partial charge in [0.25, 0.3) is 0 Å². The van der Waals surface area contributed by atoms with Crippen LogP contribution in [0.1, 0.15) is 11.1 Å². The van der Waals surface area contributed by atoms with Crippen LogP contribution in [0, 0.1) is 0 Å². The number of hydrogen-bond donors (Lipinski definition) is 2. The normalized spacial score (nSPS) is 19.2. The van der Waals surface area contributed by atoms with Gasteiger partial charge in [0.05, 0.1) is 18.8 Å². The standard InChI is InChI=1S/C18H22N2O5/c21-15-9-13-12-1-2-20(4-3-19-5-7-24-8-6-19)11-14(12)18(23)25-17(13)10-16(15)22/h9-10,21-22H,1-8,11H2. The van der Waals surface area contributed by atoms with E-state index in [-0.39, 0.29) is 17.1 Å². The van der Waals surface area contributed by atoms with Crippen molar-refractivity contribution in [2.75, 3.05) is 45.9 Å².